The van der Waals surface area contributed by atoms with Gasteiger partial charge in [-0.1, -0.05) is 27.7 Å². The van der Waals surface area contributed by atoms with Crippen LogP contribution in [-0.4, -0.2) is 28.2 Å². The number of nitrogens with zero attached hydrogens (tertiary/aromatic N) is 1. The fraction of sp³-hybridized carbons (Fsp3) is 0.615. The topological polar surface area (TPSA) is 101 Å². The number of aromatic nitrogens is 2. The van der Waals surface area contributed by atoms with Gasteiger partial charge in [-0.05, 0) is 6.07 Å². The summed E-state index contributed by atoms with van der Waals surface area (Å²) >= 11 is 0. The Bertz CT molecular complexity index is 526. The maximum absolute atomic E-state index is 12.1. The SMILES string of the molecule is CC1(C)C(N)C(C)(C)C1NC(=O)c1ccc(=O)[nH]n1. The quantitative estimate of drug-likeness (QED) is 0.713. The number of carbonyl (C=O) groups is 1. The van der Waals surface area contributed by atoms with E-state index in [1.807, 2.05) is 27.7 Å². The zero-order valence-electron chi connectivity index (χ0n) is 11.7. The molecule has 1 aromatic rings. The Hall–Kier alpha value is -1.69. The molecule has 0 aromatic carbocycles. The van der Waals surface area contributed by atoms with E-state index in [-0.39, 0.29) is 40.1 Å². The molecule has 6 nitrogen and oxygen atoms in total. The molecule has 19 heavy (non-hydrogen) atoms. The van der Waals surface area contributed by atoms with E-state index in [2.05, 4.69) is 15.5 Å². The van der Waals surface area contributed by atoms with E-state index >= 15 is 0 Å². The molecule has 0 bridgehead atoms. The molecule has 1 saturated carbocycles. The Kier molecular flexibility index (Phi) is 3.01. The largest absolute Gasteiger partial charge is 0.347 e. The molecule has 0 spiro atoms. The average molecular weight is 264 g/mol. The molecular formula is C13H20N4O2. The van der Waals surface area contributed by atoms with Crippen LogP contribution in [-0.2, 0) is 0 Å². The van der Waals surface area contributed by atoms with Gasteiger partial charge in [-0.3, -0.25) is 9.59 Å². The second-order valence-corrected chi connectivity index (χ2v) is 6.33. The van der Waals surface area contributed by atoms with E-state index in [0.29, 0.717) is 0 Å². The van der Waals surface area contributed by atoms with Crippen LogP contribution in [0.1, 0.15) is 38.2 Å². The molecule has 4 N–H and O–H groups in total. The second kappa shape index (κ2) is 4.16. The van der Waals surface area contributed by atoms with Crippen LogP contribution in [0, 0.1) is 10.8 Å². The van der Waals surface area contributed by atoms with Crippen LogP contribution in [0.5, 0.6) is 0 Å². The number of aromatic amines is 1. The number of carbonyl (C=O) groups excluding carboxylic acids is 1. The van der Waals surface area contributed by atoms with Crippen molar-refractivity contribution in [3.63, 3.8) is 0 Å². The molecule has 1 aliphatic rings. The van der Waals surface area contributed by atoms with E-state index in [0.717, 1.165) is 0 Å². The molecule has 1 amide bonds. The van der Waals surface area contributed by atoms with E-state index in [9.17, 15) is 9.59 Å². The van der Waals surface area contributed by atoms with Crippen LogP contribution >= 0.6 is 0 Å². The molecule has 6 heteroatoms. The lowest BCUT2D eigenvalue weighted by atomic mass is 9.48. The highest BCUT2D eigenvalue weighted by molar-refractivity contribution is 5.92. The van der Waals surface area contributed by atoms with Gasteiger partial charge in [0.2, 0.25) is 0 Å². The number of nitrogens with two attached hydrogens (primary N) is 1. The van der Waals surface area contributed by atoms with E-state index in [1.54, 1.807) is 0 Å². The number of hydrogen-bond donors (Lipinski definition) is 3. The first-order valence-corrected chi connectivity index (χ1v) is 6.29. The first-order valence-electron chi connectivity index (χ1n) is 6.29. The summed E-state index contributed by atoms with van der Waals surface area (Å²) in [5.74, 6) is -0.297. The normalized spacial score (nSPS) is 27.4. The van der Waals surface area contributed by atoms with Crippen molar-refractivity contribution in [1.82, 2.24) is 15.5 Å². The first-order chi connectivity index (χ1) is 8.67. The highest BCUT2D eigenvalue weighted by Gasteiger charge is 2.60. The van der Waals surface area contributed by atoms with Crippen molar-refractivity contribution in [3.05, 3.63) is 28.2 Å². The fourth-order valence-corrected chi connectivity index (χ4v) is 3.23. The van der Waals surface area contributed by atoms with Gasteiger partial charge in [0.15, 0.2) is 0 Å². The molecule has 0 saturated heterocycles. The molecule has 0 radical (unpaired) electrons. The van der Waals surface area contributed by atoms with Crippen LogP contribution in [0.4, 0.5) is 0 Å². The summed E-state index contributed by atoms with van der Waals surface area (Å²) in [5.41, 5.74) is 5.68. The second-order valence-electron chi connectivity index (χ2n) is 6.33. The smallest absolute Gasteiger partial charge is 0.271 e. The van der Waals surface area contributed by atoms with Gasteiger partial charge in [-0.15, -0.1) is 0 Å². The zero-order valence-corrected chi connectivity index (χ0v) is 11.7. The Labute approximate surface area is 111 Å². The third-order valence-electron chi connectivity index (χ3n) is 4.28. The summed E-state index contributed by atoms with van der Waals surface area (Å²) in [5, 5.41) is 8.93. The third-order valence-corrected chi connectivity index (χ3v) is 4.28. The van der Waals surface area contributed by atoms with Gasteiger partial charge < -0.3 is 11.1 Å². The van der Waals surface area contributed by atoms with Gasteiger partial charge in [0.05, 0.1) is 0 Å². The molecule has 1 heterocycles. The van der Waals surface area contributed by atoms with Gasteiger partial charge in [0, 0.05) is 29.0 Å². The standard InChI is InChI=1S/C13H20N4O2/c1-12(2)10(14)13(3,4)11(12)15-9(19)7-5-6-8(18)17-16-7/h5-6,10-11H,14H2,1-4H3,(H,15,19)(H,17,18). The van der Waals surface area contributed by atoms with Crippen LogP contribution in [0.3, 0.4) is 0 Å². The molecule has 1 aliphatic carbocycles. The van der Waals surface area contributed by atoms with Crippen molar-refractivity contribution in [2.75, 3.05) is 0 Å². The third kappa shape index (κ3) is 2.06. The van der Waals surface area contributed by atoms with Crippen molar-refractivity contribution in [2.45, 2.75) is 39.8 Å². The van der Waals surface area contributed by atoms with Crippen molar-refractivity contribution >= 4 is 5.91 Å². The summed E-state index contributed by atoms with van der Waals surface area (Å²) < 4.78 is 0. The van der Waals surface area contributed by atoms with Crippen molar-refractivity contribution < 1.29 is 4.79 Å². The van der Waals surface area contributed by atoms with Crippen molar-refractivity contribution in [3.8, 4) is 0 Å². The maximum atomic E-state index is 12.1. The average Bonchev–Trinajstić information content (AvgIpc) is 2.35. The number of nitrogens with one attached hydrogen (secondary N) is 2. The molecule has 0 aliphatic heterocycles. The maximum Gasteiger partial charge on any atom is 0.271 e. The summed E-state index contributed by atoms with van der Waals surface area (Å²) in [4.78, 5) is 23.0. The van der Waals surface area contributed by atoms with Crippen LogP contribution in [0.2, 0.25) is 0 Å². The van der Waals surface area contributed by atoms with Gasteiger partial charge in [-0.2, -0.15) is 5.10 Å². The lowest BCUT2D eigenvalue weighted by Crippen LogP contribution is -2.76. The Balaban J connectivity index is 2.16. The van der Waals surface area contributed by atoms with Crippen molar-refractivity contribution in [2.24, 2.45) is 16.6 Å². The van der Waals surface area contributed by atoms with E-state index in [4.69, 9.17) is 5.73 Å². The minimum absolute atomic E-state index is 0.0221. The Morgan fingerprint density at radius 2 is 1.89 bits per heavy atom. The minimum Gasteiger partial charge on any atom is -0.347 e. The highest BCUT2D eigenvalue weighted by Crippen LogP contribution is 2.52. The van der Waals surface area contributed by atoms with Crippen LogP contribution in [0.15, 0.2) is 16.9 Å². The van der Waals surface area contributed by atoms with Gasteiger partial charge in [-0.25, -0.2) is 5.10 Å². The Morgan fingerprint density at radius 3 is 2.37 bits per heavy atom. The Morgan fingerprint density at radius 1 is 1.32 bits per heavy atom. The van der Waals surface area contributed by atoms with Gasteiger partial charge in [0.1, 0.15) is 5.69 Å². The van der Waals surface area contributed by atoms with Gasteiger partial charge >= 0.3 is 0 Å². The van der Waals surface area contributed by atoms with Gasteiger partial charge in [0.25, 0.3) is 11.5 Å². The predicted octanol–water partition coefficient (Wildman–Crippen LogP) is 0.262. The molecule has 1 fully saturated rings. The monoisotopic (exact) mass is 264 g/mol. The molecular weight excluding hydrogens is 244 g/mol. The lowest BCUT2D eigenvalue weighted by Gasteiger charge is -2.62. The summed E-state index contributed by atoms with van der Waals surface area (Å²) in [6.07, 6.45) is 0. The summed E-state index contributed by atoms with van der Waals surface area (Å²) in [6.45, 7) is 8.14. The van der Waals surface area contributed by atoms with Crippen LogP contribution < -0.4 is 16.6 Å². The van der Waals surface area contributed by atoms with Crippen molar-refractivity contribution in [1.29, 1.82) is 0 Å². The first kappa shape index (κ1) is 13.7. The number of H-pyrrole nitrogens is 1. The molecule has 1 aromatic heterocycles. The number of rotatable bonds is 2. The fourth-order valence-electron chi connectivity index (χ4n) is 3.23. The summed E-state index contributed by atoms with van der Waals surface area (Å²) in [7, 11) is 0. The summed E-state index contributed by atoms with van der Waals surface area (Å²) in [6, 6.07) is 2.68. The zero-order chi connectivity index (χ0) is 14.4. The minimum atomic E-state index is -0.331. The molecule has 2 rings (SSSR count). The number of amides is 1. The highest BCUT2D eigenvalue weighted by atomic mass is 16.2. The molecule has 0 unspecified atom stereocenters. The predicted molar refractivity (Wildman–Crippen MR) is 71.6 cm³/mol. The molecule has 104 valence electrons. The van der Waals surface area contributed by atoms with E-state index in [1.165, 1.54) is 12.1 Å². The molecule has 0 atom stereocenters. The number of hydrogen-bond acceptors (Lipinski definition) is 4. The van der Waals surface area contributed by atoms with Crippen LogP contribution in [0.25, 0.3) is 0 Å². The van der Waals surface area contributed by atoms with E-state index < -0.39 is 0 Å². The lowest BCUT2D eigenvalue weighted by molar-refractivity contribution is -0.0664.